The molecule has 2 aromatic rings. The zero-order chi connectivity index (χ0) is 24.2. The van der Waals surface area contributed by atoms with E-state index in [1.807, 2.05) is 0 Å². The second-order valence-corrected chi connectivity index (χ2v) is 11.5. The Labute approximate surface area is 198 Å². The number of carbonyl (C=O) groups is 1. The summed E-state index contributed by atoms with van der Waals surface area (Å²) in [6.07, 6.45) is 0.970. The number of anilines is 2. The molecule has 1 heterocycles. The predicted octanol–water partition coefficient (Wildman–Crippen LogP) is 1.77. The van der Waals surface area contributed by atoms with Gasteiger partial charge in [0.2, 0.25) is 26.0 Å². The molecule has 13 heteroatoms. The molecule has 1 amide bonds. The van der Waals surface area contributed by atoms with Crippen LogP contribution >= 0.6 is 11.6 Å². The number of nitrogens with one attached hydrogen (secondary N) is 1. The van der Waals surface area contributed by atoms with Gasteiger partial charge in [0.25, 0.3) is 0 Å². The van der Waals surface area contributed by atoms with Gasteiger partial charge in [0, 0.05) is 18.1 Å². The summed E-state index contributed by atoms with van der Waals surface area (Å²) in [5, 5.41) is 2.86. The number of amides is 1. The average Bonchev–Trinajstić information content (AvgIpc) is 2.77. The van der Waals surface area contributed by atoms with Gasteiger partial charge in [-0.1, -0.05) is 17.7 Å². The van der Waals surface area contributed by atoms with Crippen LogP contribution < -0.4 is 14.4 Å². The van der Waals surface area contributed by atoms with E-state index in [2.05, 4.69) is 5.32 Å². The molecule has 2 aromatic carbocycles. The summed E-state index contributed by atoms with van der Waals surface area (Å²) >= 11 is 5.96. The Kier molecular flexibility index (Phi) is 7.85. The highest BCUT2D eigenvalue weighted by molar-refractivity contribution is 7.92. The van der Waals surface area contributed by atoms with Crippen molar-refractivity contribution in [2.24, 2.45) is 0 Å². The van der Waals surface area contributed by atoms with Gasteiger partial charge in [0.05, 0.1) is 42.8 Å². The molecule has 1 aliphatic rings. The van der Waals surface area contributed by atoms with Gasteiger partial charge in [0.1, 0.15) is 12.3 Å². The molecule has 10 nitrogen and oxygen atoms in total. The molecule has 0 spiro atoms. The van der Waals surface area contributed by atoms with Gasteiger partial charge >= 0.3 is 0 Å². The second-order valence-electron chi connectivity index (χ2n) is 7.18. The van der Waals surface area contributed by atoms with E-state index in [1.165, 1.54) is 41.7 Å². The van der Waals surface area contributed by atoms with Gasteiger partial charge in [-0.3, -0.25) is 9.10 Å². The molecule has 1 fully saturated rings. The molecule has 1 N–H and O–H groups in total. The third kappa shape index (κ3) is 6.15. The van der Waals surface area contributed by atoms with Gasteiger partial charge in [-0.2, -0.15) is 4.31 Å². The number of halogens is 1. The molecule has 0 saturated carbocycles. The van der Waals surface area contributed by atoms with Crippen LogP contribution in [0.4, 0.5) is 11.4 Å². The summed E-state index contributed by atoms with van der Waals surface area (Å²) in [6.45, 7) is 0.481. The molecule has 0 aromatic heterocycles. The number of hydrogen-bond acceptors (Lipinski definition) is 7. The fourth-order valence-electron chi connectivity index (χ4n) is 3.23. The summed E-state index contributed by atoms with van der Waals surface area (Å²) in [6, 6.07) is 10.2. The molecular formula is C20H24ClN3O7S2. The number of morpholine rings is 1. The first-order valence-corrected chi connectivity index (χ1v) is 13.5. The molecular weight excluding hydrogens is 494 g/mol. The van der Waals surface area contributed by atoms with Crippen molar-refractivity contribution in [2.45, 2.75) is 4.90 Å². The van der Waals surface area contributed by atoms with Crippen molar-refractivity contribution >= 4 is 48.9 Å². The maximum Gasteiger partial charge on any atom is 0.245 e. The van der Waals surface area contributed by atoms with Gasteiger partial charge in [0.15, 0.2) is 0 Å². The molecule has 180 valence electrons. The van der Waals surface area contributed by atoms with Crippen LogP contribution in [0.5, 0.6) is 5.75 Å². The van der Waals surface area contributed by atoms with E-state index in [-0.39, 0.29) is 35.1 Å². The topological polar surface area (TPSA) is 122 Å². The molecule has 33 heavy (non-hydrogen) atoms. The smallest absolute Gasteiger partial charge is 0.245 e. The van der Waals surface area contributed by atoms with E-state index in [4.69, 9.17) is 21.1 Å². The fourth-order valence-corrected chi connectivity index (χ4v) is 5.70. The van der Waals surface area contributed by atoms with Crippen LogP contribution in [0, 0.1) is 0 Å². The highest BCUT2D eigenvalue weighted by atomic mass is 35.5. The van der Waals surface area contributed by atoms with Crippen molar-refractivity contribution in [3.8, 4) is 5.75 Å². The average molecular weight is 518 g/mol. The molecule has 1 aliphatic heterocycles. The lowest BCUT2D eigenvalue weighted by Gasteiger charge is -2.26. The molecule has 1 saturated heterocycles. The summed E-state index contributed by atoms with van der Waals surface area (Å²) < 4.78 is 63.2. The van der Waals surface area contributed by atoms with Crippen molar-refractivity contribution < 1.29 is 31.1 Å². The summed E-state index contributed by atoms with van der Waals surface area (Å²) in [7, 11) is -6.26. The van der Waals surface area contributed by atoms with Crippen LogP contribution in [-0.2, 0) is 29.6 Å². The molecule has 0 radical (unpaired) electrons. The minimum atomic E-state index is -3.82. The van der Waals surface area contributed by atoms with Crippen molar-refractivity contribution in [3.63, 3.8) is 0 Å². The Balaban J connectivity index is 1.86. The maximum absolute atomic E-state index is 13.0. The maximum atomic E-state index is 13.0. The summed E-state index contributed by atoms with van der Waals surface area (Å²) in [5.74, 6) is -0.474. The summed E-state index contributed by atoms with van der Waals surface area (Å²) in [5.41, 5.74) is 0.312. The zero-order valence-electron chi connectivity index (χ0n) is 18.0. The van der Waals surface area contributed by atoms with E-state index in [9.17, 15) is 21.6 Å². The van der Waals surface area contributed by atoms with Gasteiger partial charge in [-0.25, -0.2) is 16.8 Å². The number of sulfonamides is 2. The predicted molar refractivity (Wildman–Crippen MR) is 125 cm³/mol. The van der Waals surface area contributed by atoms with Crippen molar-refractivity contribution in [1.29, 1.82) is 0 Å². The first-order chi connectivity index (χ1) is 15.5. The molecule has 0 unspecified atom stereocenters. The lowest BCUT2D eigenvalue weighted by atomic mass is 10.3. The van der Waals surface area contributed by atoms with Gasteiger partial charge in [-0.15, -0.1) is 0 Å². The first-order valence-electron chi connectivity index (χ1n) is 9.81. The van der Waals surface area contributed by atoms with Crippen LogP contribution in [0.15, 0.2) is 47.4 Å². The van der Waals surface area contributed by atoms with E-state index < -0.39 is 32.5 Å². The van der Waals surface area contributed by atoms with Crippen molar-refractivity contribution in [3.05, 3.63) is 47.5 Å². The van der Waals surface area contributed by atoms with Crippen molar-refractivity contribution in [1.82, 2.24) is 4.31 Å². The standard InChI is InChI=1S/C20H24ClN3O7S2/c1-30-19-7-6-17(33(28,29)23-8-10-31-11-9-23)13-18(19)22-20(25)14-24(32(2,26)27)16-5-3-4-15(21)12-16/h3-7,12-13H,8-11,14H2,1-2H3,(H,22,25). The Morgan fingerprint density at radius 1 is 1.15 bits per heavy atom. The highest BCUT2D eigenvalue weighted by Gasteiger charge is 2.28. The van der Waals surface area contributed by atoms with Crippen LogP contribution in [0.3, 0.4) is 0 Å². The van der Waals surface area contributed by atoms with Crippen LogP contribution in [-0.4, -0.2) is 73.3 Å². The van der Waals surface area contributed by atoms with E-state index in [0.29, 0.717) is 18.2 Å². The largest absolute Gasteiger partial charge is 0.495 e. The SMILES string of the molecule is COc1ccc(S(=O)(=O)N2CCOCC2)cc1NC(=O)CN(c1cccc(Cl)c1)S(C)(=O)=O. The van der Waals surface area contributed by atoms with E-state index in [1.54, 1.807) is 12.1 Å². The second kappa shape index (κ2) is 10.3. The number of carbonyl (C=O) groups excluding carboxylic acids is 1. The molecule has 0 aliphatic carbocycles. The van der Waals surface area contributed by atoms with Crippen molar-refractivity contribution in [2.75, 3.05) is 55.8 Å². The third-order valence-electron chi connectivity index (χ3n) is 4.84. The van der Waals surface area contributed by atoms with Crippen LogP contribution in [0.2, 0.25) is 5.02 Å². The van der Waals surface area contributed by atoms with Gasteiger partial charge < -0.3 is 14.8 Å². The van der Waals surface area contributed by atoms with Crippen LogP contribution in [0.1, 0.15) is 0 Å². The molecule has 0 bridgehead atoms. The molecule has 3 rings (SSSR count). The van der Waals surface area contributed by atoms with Gasteiger partial charge in [-0.05, 0) is 36.4 Å². The number of rotatable bonds is 8. The normalized spacial score (nSPS) is 15.1. The number of hydrogen-bond donors (Lipinski definition) is 1. The zero-order valence-corrected chi connectivity index (χ0v) is 20.4. The summed E-state index contributed by atoms with van der Waals surface area (Å²) in [4.78, 5) is 12.7. The Bertz CT molecular complexity index is 1230. The number of methoxy groups -OCH3 is 1. The third-order valence-corrected chi connectivity index (χ3v) is 8.11. The monoisotopic (exact) mass is 517 g/mol. The number of nitrogens with zero attached hydrogens (tertiary/aromatic N) is 2. The highest BCUT2D eigenvalue weighted by Crippen LogP contribution is 2.30. The first kappa shape index (κ1) is 25.2. The minimum absolute atomic E-state index is 0.0321. The lowest BCUT2D eigenvalue weighted by Crippen LogP contribution is -2.40. The molecule has 0 atom stereocenters. The Morgan fingerprint density at radius 2 is 1.85 bits per heavy atom. The van der Waals surface area contributed by atoms with Crippen LogP contribution in [0.25, 0.3) is 0 Å². The fraction of sp³-hybridized carbons (Fsp3) is 0.350. The minimum Gasteiger partial charge on any atom is -0.495 e. The Morgan fingerprint density at radius 3 is 2.45 bits per heavy atom. The lowest BCUT2D eigenvalue weighted by molar-refractivity contribution is -0.114. The number of ether oxygens (including phenoxy) is 2. The van der Waals surface area contributed by atoms with E-state index >= 15 is 0 Å². The number of benzene rings is 2. The van der Waals surface area contributed by atoms with E-state index in [0.717, 1.165) is 10.6 Å². The Hall–Kier alpha value is -2.38. The quantitative estimate of drug-likeness (QED) is 0.566.